The third kappa shape index (κ3) is 8.34. The lowest BCUT2D eigenvalue weighted by molar-refractivity contribution is -0.134. The Kier molecular flexibility index (Phi) is 7.02. The van der Waals surface area contributed by atoms with Crippen molar-refractivity contribution in [3.63, 3.8) is 0 Å². The Morgan fingerprint density at radius 2 is 1.75 bits per heavy atom. The number of nitrogens with one attached hydrogen (secondary N) is 1. The number of aromatic hydroxyl groups is 2. The number of hydrogen-bond acceptors (Lipinski definition) is 5. The highest BCUT2D eigenvalue weighted by Crippen LogP contribution is 2.27. The largest absolute Gasteiger partial charge is 0.504 e. The quantitative estimate of drug-likeness (QED) is 0.540. The maximum absolute atomic E-state index is 9.84. The Bertz CT molecular complexity index is 436. The van der Waals surface area contributed by atoms with Crippen LogP contribution in [0.3, 0.4) is 0 Å². The SMILES string of the molecule is CC(=O)O.CC(C)(C)NC[C@H](O)c1ccc(O)c(O)c1. The van der Waals surface area contributed by atoms with Gasteiger partial charge in [0.2, 0.25) is 0 Å². The number of aliphatic carboxylic acids is 1. The summed E-state index contributed by atoms with van der Waals surface area (Å²) in [5.74, 6) is -1.23. The molecule has 0 spiro atoms. The smallest absolute Gasteiger partial charge is 0.300 e. The molecule has 0 saturated heterocycles. The van der Waals surface area contributed by atoms with Gasteiger partial charge >= 0.3 is 0 Å². The lowest BCUT2D eigenvalue weighted by Gasteiger charge is -2.23. The van der Waals surface area contributed by atoms with Gasteiger partial charge in [0.05, 0.1) is 6.10 Å². The zero-order valence-corrected chi connectivity index (χ0v) is 12.2. The van der Waals surface area contributed by atoms with Gasteiger partial charge in [0, 0.05) is 19.0 Å². The van der Waals surface area contributed by atoms with Crippen molar-refractivity contribution >= 4 is 5.97 Å². The van der Waals surface area contributed by atoms with Gasteiger partial charge in [-0.25, -0.2) is 0 Å². The molecule has 20 heavy (non-hydrogen) atoms. The molecule has 0 aromatic heterocycles. The van der Waals surface area contributed by atoms with E-state index in [1.807, 2.05) is 20.8 Å². The van der Waals surface area contributed by atoms with E-state index in [0.29, 0.717) is 12.1 Å². The number of β-amino-alcohol motifs (C(OH)–C–C–N with tert-alkyl or cyclic N) is 1. The van der Waals surface area contributed by atoms with E-state index in [9.17, 15) is 10.2 Å². The molecule has 0 amide bonds. The second kappa shape index (κ2) is 7.72. The number of hydrogen-bond donors (Lipinski definition) is 5. The average Bonchev–Trinajstić information content (AvgIpc) is 2.28. The molecule has 0 bridgehead atoms. The van der Waals surface area contributed by atoms with Crippen LogP contribution >= 0.6 is 0 Å². The van der Waals surface area contributed by atoms with Gasteiger partial charge in [-0.15, -0.1) is 0 Å². The van der Waals surface area contributed by atoms with Crippen LogP contribution < -0.4 is 5.32 Å². The van der Waals surface area contributed by atoms with Gasteiger partial charge < -0.3 is 25.7 Å². The molecule has 114 valence electrons. The summed E-state index contributed by atoms with van der Waals surface area (Å²) in [6.07, 6.45) is -0.703. The molecule has 0 aliphatic carbocycles. The number of aliphatic hydroxyl groups excluding tert-OH is 1. The third-order valence-corrected chi connectivity index (χ3v) is 2.21. The number of phenols is 2. The number of carboxylic acid groups (broad SMARTS) is 1. The molecule has 1 atom stereocenters. The summed E-state index contributed by atoms with van der Waals surface area (Å²) in [4.78, 5) is 9.00. The number of aliphatic hydroxyl groups is 1. The van der Waals surface area contributed by atoms with Crippen molar-refractivity contribution in [1.82, 2.24) is 5.32 Å². The Morgan fingerprint density at radius 1 is 1.25 bits per heavy atom. The van der Waals surface area contributed by atoms with E-state index < -0.39 is 12.1 Å². The molecule has 0 saturated carbocycles. The van der Waals surface area contributed by atoms with Crippen LogP contribution in [-0.4, -0.2) is 38.5 Å². The van der Waals surface area contributed by atoms with Gasteiger partial charge in [-0.05, 0) is 38.5 Å². The molecular weight excluding hydrogens is 262 g/mol. The number of rotatable bonds is 3. The van der Waals surface area contributed by atoms with Crippen LogP contribution in [0.1, 0.15) is 39.4 Å². The minimum atomic E-state index is -0.833. The van der Waals surface area contributed by atoms with Crippen molar-refractivity contribution in [3.05, 3.63) is 23.8 Å². The molecule has 0 unspecified atom stereocenters. The second-order valence-corrected chi connectivity index (χ2v) is 5.41. The van der Waals surface area contributed by atoms with Crippen LogP contribution in [-0.2, 0) is 4.79 Å². The zero-order chi connectivity index (χ0) is 15.9. The first kappa shape index (κ1) is 18.2. The molecule has 1 aromatic carbocycles. The van der Waals surface area contributed by atoms with Gasteiger partial charge in [-0.3, -0.25) is 4.79 Å². The first-order valence-corrected chi connectivity index (χ1v) is 6.17. The van der Waals surface area contributed by atoms with Crippen molar-refractivity contribution in [1.29, 1.82) is 0 Å². The molecule has 5 N–H and O–H groups in total. The fourth-order valence-electron chi connectivity index (χ4n) is 1.27. The van der Waals surface area contributed by atoms with Gasteiger partial charge in [0.15, 0.2) is 11.5 Å². The average molecular weight is 285 g/mol. The topological polar surface area (TPSA) is 110 Å². The molecular formula is C14H23NO5. The lowest BCUT2D eigenvalue weighted by Crippen LogP contribution is -2.38. The van der Waals surface area contributed by atoms with E-state index >= 15 is 0 Å². The Hall–Kier alpha value is -1.79. The Balaban J connectivity index is 0.000000796. The summed E-state index contributed by atoms with van der Waals surface area (Å²) in [5.41, 5.74) is 0.506. The van der Waals surface area contributed by atoms with E-state index in [2.05, 4.69) is 5.32 Å². The van der Waals surface area contributed by atoms with Crippen molar-refractivity contribution in [2.24, 2.45) is 0 Å². The minimum Gasteiger partial charge on any atom is -0.504 e. The van der Waals surface area contributed by atoms with Crippen LogP contribution in [0.4, 0.5) is 0 Å². The van der Waals surface area contributed by atoms with Gasteiger partial charge in [-0.2, -0.15) is 0 Å². The number of carbonyl (C=O) groups is 1. The molecule has 6 nitrogen and oxygen atoms in total. The molecule has 0 fully saturated rings. The summed E-state index contributed by atoms with van der Waals surface area (Å²) < 4.78 is 0. The van der Waals surface area contributed by atoms with Crippen LogP contribution in [0.25, 0.3) is 0 Å². The van der Waals surface area contributed by atoms with Crippen LogP contribution in [0, 0.1) is 0 Å². The predicted molar refractivity (Wildman–Crippen MR) is 75.8 cm³/mol. The van der Waals surface area contributed by atoms with Crippen molar-refractivity contribution in [2.45, 2.75) is 39.3 Å². The highest BCUT2D eigenvalue weighted by atomic mass is 16.4. The Morgan fingerprint density at radius 3 is 2.15 bits per heavy atom. The summed E-state index contributed by atoms with van der Waals surface area (Å²) in [6.45, 7) is 7.50. The maximum Gasteiger partial charge on any atom is 0.300 e. The number of phenolic OH excluding ortho intramolecular Hbond substituents is 2. The molecule has 0 aliphatic heterocycles. The van der Waals surface area contributed by atoms with Gasteiger partial charge in [-0.1, -0.05) is 6.07 Å². The monoisotopic (exact) mass is 285 g/mol. The van der Waals surface area contributed by atoms with E-state index in [4.69, 9.17) is 15.0 Å². The van der Waals surface area contributed by atoms with E-state index in [-0.39, 0.29) is 17.0 Å². The van der Waals surface area contributed by atoms with Crippen molar-refractivity contribution in [2.75, 3.05) is 6.54 Å². The highest BCUT2D eigenvalue weighted by Gasteiger charge is 2.14. The van der Waals surface area contributed by atoms with Crippen molar-refractivity contribution in [3.8, 4) is 11.5 Å². The second-order valence-electron chi connectivity index (χ2n) is 5.41. The first-order chi connectivity index (χ1) is 9.03. The van der Waals surface area contributed by atoms with Crippen LogP contribution in [0.2, 0.25) is 0 Å². The van der Waals surface area contributed by atoms with E-state index in [0.717, 1.165) is 6.92 Å². The molecule has 0 aliphatic rings. The van der Waals surface area contributed by atoms with Gasteiger partial charge in [0.1, 0.15) is 0 Å². The molecule has 0 radical (unpaired) electrons. The fraction of sp³-hybridized carbons (Fsp3) is 0.500. The highest BCUT2D eigenvalue weighted by molar-refractivity contribution is 5.62. The maximum atomic E-state index is 9.84. The lowest BCUT2D eigenvalue weighted by atomic mass is 10.1. The molecule has 6 heteroatoms. The van der Waals surface area contributed by atoms with Gasteiger partial charge in [0.25, 0.3) is 5.97 Å². The van der Waals surface area contributed by atoms with E-state index in [1.54, 1.807) is 6.07 Å². The standard InChI is InChI=1S/C12H19NO3.C2H4O2/c1-12(2,3)13-7-11(16)8-4-5-9(14)10(15)6-8;1-2(3)4/h4-6,11,13-16H,7H2,1-3H3;1H3,(H,3,4)/t11-;/m0./s1. The summed E-state index contributed by atoms with van der Waals surface area (Å²) in [6, 6.07) is 4.32. The van der Waals surface area contributed by atoms with Crippen LogP contribution in [0.5, 0.6) is 11.5 Å². The minimum absolute atomic E-state index is 0.0695. The number of carboxylic acids is 1. The van der Waals surface area contributed by atoms with Crippen molar-refractivity contribution < 1.29 is 25.2 Å². The summed E-state index contributed by atoms with van der Waals surface area (Å²) >= 11 is 0. The summed E-state index contributed by atoms with van der Waals surface area (Å²) in [5, 5.41) is 38.9. The Labute approximate surface area is 118 Å². The zero-order valence-electron chi connectivity index (χ0n) is 12.2. The van der Waals surface area contributed by atoms with E-state index in [1.165, 1.54) is 12.1 Å². The summed E-state index contributed by atoms with van der Waals surface area (Å²) in [7, 11) is 0. The first-order valence-electron chi connectivity index (χ1n) is 6.17. The fourth-order valence-corrected chi connectivity index (χ4v) is 1.27. The molecule has 0 heterocycles. The van der Waals surface area contributed by atoms with Crippen LogP contribution in [0.15, 0.2) is 18.2 Å². The number of benzene rings is 1. The predicted octanol–water partition coefficient (Wildman–Crippen LogP) is 1.61. The molecule has 1 aromatic rings. The third-order valence-electron chi connectivity index (χ3n) is 2.21. The molecule has 1 rings (SSSR count). The normalized spacial score (nSPS) is 12.2.